The van der Waals surface area contributed by atoms with E-state index < -0.39 is 0 Å². The van der Waals surface area contributed by atoms with Crippen molar-refractivity contribution in [1.82, 2.24) is 4.98 Å². The second kappa shape index (κ2) is 3.74. The van der Waals surface area contributed by atoms with Gasteiger partial charge >= 0.3 is 0 Å². The summed E-state index contributed by atoms with van der Waals surface area (Å²) in [5.74, 6) is 0. The predicted molar refractivity (Wildman–Crippen MR) is 58.7 cm³/mol. The summed E-state index contributed by atoms with van der Waals surface area (Å²) in [6.07, 6.45) is 5.26. The van der Waals surface area contributed by atoms with Crippen molar-refractivity contribution in [3.05, 3.63) is 41.7 Å². The van der Waals surface area contributed by atoms with Crippen LogP contribution in [0.25, 0.3) is 0 Å². The molecular formula is C12H14N2. The van der Waals surface area contributed by atoms with Gasteiger partial charge in [0.15, 0.2) is 0 Å². The van der Waals surface area contributed by atoms with Crippen molar-refractivity contribution in [3.8, 4) is 0 Å². The Bertz CT molecular complexity index is 391. The lowest BCUT2D eigenvalue weighted by molar-refractivity contribution is 0.752. The van der Waals surface area contributed by atoms with Crippen LogP contribution in [0.15, 0.2) is 35.3 Å². The third kappa shape index (κ3) is 1.90. The molecule has 14 heavy (non-hydrogen) atoms. The van der Waals surface area contributed by atoms with Gasteiger partial charge in [0.05, 0.1) is 17.4 Å². The monoisotopic (exact) mass is 186 g/mol. The van der Waals surface area contributed by atoms with E-state index in [1.165, 1.54) is 0 Å². The minimum atomic E-state index is 0.386. The van der Waals surface area contributed by atoms with Gasteiger partial charge in [-0.1, -0.05) is 12.1 Å². The summed E-state index contributed by atoms with van der Waals surface area (Å²) in [6.45, 7) is 4.12. The first-order chi connectivity index (χ1) is 6.75. The fourth-order valence-electron chi connectivity index (χ4n) is 1.55. The van der Waals surface area contributed by atoms with Crippen LogP contribution in [0.3, 0.4) is 0 Å². The predicted octanol–water partition coefficient (Wildman–Crippen LogP) is 2.53. The Balaban J connectivity index is 2.35. The summed E-state index contributed by atoms with van der Waals surface area (Å²) in [6, 6.07) is 6.42. The highest BCUT2D eigenvalue weighted by Gasteiger charge is 2.08. The van der Waals surface area contributed by atoms with E-state index in [1.54, 1.807) is 0 Å². The minimum absolute atomic E-state index is 0.386. The number of aliphatic imine (C=N–C) groups is 1. The van der Waals surface area contributed by atoms with Gasteiger partial charge in [-0.05, 0) is 38.5 Å². The highest BCUT2D eigenvalue weighted by atomic mass is 14.8. The Kier molecular flexibility index (Phi) is 2.44. The molecule has 0 fully saturated rings. The van der Waals surface area contributed by atoms with Crippen molar-refractivity contribution in [2.45, 2.75) is 26.3 Å². The Hall–Kier alpha value is -1.44. The second-order valence-electron chi connectivity index (χ2n) is 3.67. The summed E-state index contributed by atoms with van der Waals surface area (Å²) in [7, 11) is 0. The molecule has 0 spiro atoms. The van der Waals surface area contributed by atoms with Crippen molar-refractivity contribution in [3.63, 3.8) is 0 Å². The van der Waals surface area contributed by atoms with E-state index in [4.69, 9.17) is 0 Å². The van der Waals surface area contributed by atoms with Crippen LogP contribution in [0.2, 0.25) is 0 Å². The molecule has 0 aliphatic carbocycles. The van der Waals surface area contributed by atoms with Gasteiger partial charge in [0.1, 0.15) is 0 Å². The second-order valence-corrected chi connectivity index (χ2v) is 3.67. The van der Waals surface area contributed by atoms with Gasteiger partial charge in [-0.2, -0.15) is 0 Å². The summed E-state index contributed by atoms with van der Waals surface area (Å²) in [5.41, 5.74) is 3.03. The highest BCUT2D eigenvalue weighted by Crippen LogP contribution is 2.10. The molecule has 0 saturated heterocycles. The molecule has 72 valence electrons. The van der Waals surface area contributed by atoms with E-state index in [2.05, 4.69) is 29.1 Å². The average Bonchev–Trinajstić information content (AvgIpc) is 2.18. The minimum Gasteiger partial charge on any atom is -0.280 e. The van der Waals surface area contributed by atoms with Crippen molar-refractivity contribution < 1.29 is 0 Å². The number of allylic oxidation sites excluding steroid dienone is 1. The summed E-state index contributed by atoms with van der Waals surface area (Å²) in [5, 5.41) is 0. The number of aryl methyl sites for hydroxylation is 1. The molecule has 0 amide bonds. The maximum absolute atomic E-state index is 4.56. The maximum Gasteiger partial charge on any atom is 0.0884 e. The first-order valence-corrected chi connectivity index (χ1v) is 4.94. The number of rotatable bonds is 1. The fourth-order valence-corrected chi connectivity index (χ4v) is 1.55. The number of pyridine rings is 1. The van der Waals surface area contributed by atoms with E-state index in [1.807, 2.05) is 25.1 Å². The highest BCUT2D eigenvalue weighted by molar-refractivity contribution is 6.07. The Morgan fingerprint density at radius 2 is 2.21 bits per heavy atom. The van der Waals surface area contributed by atoms with Gasteiger partial charge < -0.3 is 0 Å². The molecule has 1 aromatic heterocycles. The molecular weight excluding hydrogens is 172 g/mol. The zero-order chi connectivity index (χ0) is 9.97. The standard InChI is InChI=1S/C12H14N2/c1-9-5-3-7-11(13-9)12-8-4-6-10(2)14-12/h3-5,7-8,10H,6H2,1-2H3. The first kappa shape index (κ1) is 9.13. The molecule has 0 N–H and O–H groups in total. The van der Waals surface area contributed by atoms with Crippen LogP contribution >= 0.6 is 0 Å². The van der Waals surface area contributed by atoms with Gasteiger partial charge in [-0.3, -0.25) is 9.98 Å². The van der Waals surface area contributed by atoms with Crippen molar-refractivity contribution in [2.24, 2.45) is 4.99 Å². The summed E-state index contributed by atoms with van der Waals surface area (Å²) >= 11 is 0. The quantitative estimate of drug-likeness (QED) is 0.661. The smallest absolute Gasteiger partial charge is 0.0884 e. The molecule has 2 heterocycles. The number of aromatic nitrogens is 1. The van der Waals surface area contributed by atoms with Gasteiger partial charge in [-0.25, -0.2) is 0 Å². The van der Waals surface area contributed by atoms with Crippen molar-refractivity contribution >= 4 is 5.71 Å². The molecule has 0 radical (unpaired) electrons. The molecule has 0 bridgehead atoms. The number of hydrogen-bond acceptors (Lipinski definition) is 2. The van der Waals surface area contributed by atoms with Crippen LogP contribution in [-0.4, -0.2) is 16.7 Å². The van der Waals surface area contributed by atoms with Gasteiger partial charge in [0.2, 0.25) is 0 Å². The third-order valence-corrected chi connectivity index (χ3v) is 2.26. The van der Waals surface area contributed by atoms with Crippen LogP contribution in [0, 0.1) is 6.92 Å². The van der Waals surface area contributed by atoms with Crippen LogP contribution in [0.5, 0.6) is 0 Å². The zero-order valence-corrected chi connectivity index (χ0v) is 8.57. The molecule has 0 saturated carbocycles. The first-order valence-electron chi connectivity index (χ1n) is 4.94. The molecule has 1 aliphatic rings. The SMILES string of the molecule is Cc1cccc(C2=NC(C)CC=C2)n1. The summed E-state index contributed by atoms with van der Waals surface area (Å²) < 4.78 is 0. The van der Waals surface area contributed by atoms with E-state index in [0.717, 1.165) is 23.5 Å². The van der Waals surface area contributed by atoms with Gasteiger partial charge in [0.25, 0.3) is 0 Å². The Morgan fingerprint density at radius 1 is 1.36 bits per heavy atom. The Morgan fingerprint density at radius 3 is 2.93 bits per heavy atom. The lowest BCUT2D eigenvalue weighted by atomic mass is 10.1. The molecule has 2 nitrogen and oxygen atoms in total. The molecule has 1 aliphatic heterocycles. The molecule has 0 aromatic carbocycles. The van der Waals surface area contributed by atoms with Crippen molar-refractivity contribution in [2.75, 3.05) is 0 Å². The molecule has 2 rings (SSSR count). The van der Waals surface area contributed by atoms with Crippen LogP contribution < -0.4 is 0 Å². The average molecular weight is 186 g/mol. The topological polar surface area (TPSA) is 25.2 Å². The van der Waals surface area contributed by atoms with E-state index in [-0.39, 0.29) is 0 Å². The zero-order valence-electron chi connectivity index (χ0n) is 8.57. The van der Waals surface area contributed by atoms with Crippen LogP contribution in [0.1, 0.15) is 24.7 Å². The maximum atomic E-state index is 4.56. The van der Waals surface area contributed by atoms with Gasteiger partial charge in [0, 0.05) is 5.69 Å². The number of dihydropyridines is 1. The van der Waals surface area contributed by atoms with E-state index in [9.17, 15) is 0 Å². The number of hydrogen-bond donors (Lipinski definition) is 0. The molecule has 2 heteroatoms. The van der Waals surface area contributed by atoms with Crippen LogP contribution in [0.4, 0.5) is 0 Å². The largest absolute Gasteiger partial charge is 0.280 e. The van der Waals surface area contributed by atoms with Gasteiger partial charge in [-0.15, -0.1) is 0 Å². The molecule has 1 atom stereocenters. The lowest BCUT2D eigenvalue weighted by Crippen LogP contribution is -2.10. The summed E-state index contributed by atoms with van der Waals surface area (Å²) in [4.78, 5) is 9.01. The molecule has 1 aromatic rings. The van der Waals surface area contributed by atoms with E-state index in [0.29, 0.717) is 6.04 Å². The Labute approximate surface area is 84.4 Å². The normalized spacial score (nSPS) is 20.7. The van der Waals surface area contributed by atoms with E-state index >= 15 is 0 Å². The number of nitrogens with zero attached hydrogens (tertiary/aromatic N) is 2. The fraction of sp³-hybridized carbons (Fsp3) is 0.333. The van der Waals surface area contributed by atoms with Crippen LogP contribution in [-0.2, 0) is 0 Å². The lowest BCUT2D eigenvalue weighted by Gasteiger charge is -2.11. The van der Waals surface area contributed by atoms with Crippen molar-refractivity contribution in [1.29, 1.82) is 0 Å². The third-order valence-electron chi connectivity index (χ3n) is 2.26. The molecule has 1 unspecified atom stereocenters.